The summed E-state index contributed by atoms with van der Waals surface area (Å²) in [4.78, 5) is 23.4. The molecule has 0 saturated heterocycles. The van der Waals surface area contributed by atoms with Crippen molar-refractivity contribution in [1.29, 1.82) is 0 Å². The lowest BCUT2D eigenvalue weighted by Crippen LogP contribution is -2.21. The number of fused-ring (bicyclic) bond motifs is 1. The van der Waals surface area contributed by atoms with Gasteiger partial charge in [0.25, 0.3) is 5.56 Å². The normalized spacial score (nSPS) is 10.5. The maximum Gasteiger partial charge on any atom is 0.307 e. The minimum absolute atomic E-state index is 0.143. The summed E-state index contributed by atoms with van der Waals surface area (Å²) in [6.07, 6.45) is 0.171. The van der Waals surface area contributed by atoms with E-state index in [1.165, 1.54) is 6.07 Å². The first-order valence-electron chi connectivity index (χ1n) is 6.49. The van der Waals surface area contributed by atoms with Gasteiger partial charge in [-0.2, -0.15) is 0 Å². The van der Waals surface area contributed by atoms with Crippen molar-refractivity contribution >= 4 is 16.9 Å². The van der Waals surface area contributed by atoms with Gasteiger partial charge < -0.3 is 14.0 Å². The fourth-order valence-corrected chi connectivity index (χ4v) is 2.06. The molecule has 1 heterocycles. The van der Waals surface area contributed by atoms with Crippen molar-refractivity contribution in [3.8, 4) is 5.75 Å². The molecule has 0 fully saturated rings. The number of esters is 1. The molecule has 1 aromatic carbocycles. The smallest absolute Gasteiger partial charge is 0.307 e. The lowest BCUT2D eigenvalue weighted by Gasteiger charge is -2.11. The summed E-state index contributed by atoms with van der Waals surface area (Å²) in [6, 6.07) is 8.77. The van der Waals surface area contributed by atoms with Crippen LogP contribution in [-0.2, 0) is 16.1 Å². The van der Waals surface area contributed by atoms with Gasteiger partial charge in [-0.25, -0.2) is 0 Å². The SMILES string of the molecule is CCOC(=O)CCn1c(=O)ccc2ccc(OC)cc21. The Bertz CT molecular complexity index is 675. The second kappa shape index (κ2) is 6.23. The van der Waals surface area contributed by atoms with Crippen LogP contribution in [0, 0.1) is 0 Å². The molecule has 0 atom stereocenters. The monoisotopic (exact) mass is 275 g/mol. The van der Waals surface area contributed by atoms with Crippen molar-refractivity contribution in [2.45, 2.75) is 19.9 Å². The van der Waals surface area contributed by atoms with E-state index in [-0.39, 0.29) is 17.9 Å². The molecule has 0 bridgehead atoms. The second-order valence-corrected chi connectivity index (χ2v) is 4.30. The molecule has 20 heavy (non-hydrogen) atoms. The van der Waals surface area contributed by atoms with Gasteiger partial charge in [-0.3, -0.25) is 9.59 Å². The number of aryl methyl sites for hydroxylation is 1. The summed E-state index contributed by atoms with van der Waals surface area (Å²) in [5.41, 5.74) is 0.608. The topological polar surface area (TPSA) is 57.5 Å². The van der Waals surface area contributed by atoms with E-state index in [0.29, 0.717) is 18.9 Å². The van der Waals surface area contributed by atoms with Gasteiger partial charge in [0.05, 0.1) is 25.7 Å². The minimum Gasteiger partial charge on any atom is -0.497 e. The Labute approximate surface area is 116 Å². The third kappa shape index (κ3) is 2.99. The third-order valence-electron chi connectivity index (χ3n) is 3.04. The highest BCUT2D eigenvalue weighted by Gasteiger charge is 2.07. The Balaban J connectivity index is 2.37. The molecule has 106 valence electrons. The van der Waals surface area contributed by atoms with E-state index in [0.717, 1.165) is 10.9 Å². The zero-order valence-electron chi connectivity index (χ0n) is 11.6. The highest BCUT2D eigenvalue weighted by atomic mass is 16.5. The van der Waals surface area contributed by atoms with Gasteiger partial charge in [0.2, 0.25) is 0 Å². The molecule has 5 heteroatoms. The lowest BCUT2D eigenvalue weighted by molar-refractivity contribution is -0.143. The lowest BCUT2D eigenvalue weighted by atomic mass is 10.2. The number of nitrogens with zero attached hydrogens (tertiary/aromatic N) is 1. The number of ether oxygens (including phenoxy) is 2. The average molecular weight is 275 g/mol. The minimum atomic E-state index is -0.306. The summed E-state index contributed by atoms with van der Waals surface area (Å²) in [5.74, 6) is 0.368. The molecule has 0 aliphatic heterocycles. The third-order valence-corrected chi connectivity index (χ3v) is 3.04. The molecule has 0 unspecified atom stereocenters. The standard InChI is InChI=1S/C15H17NO4/c1-3-20-15(18)8-9-16-13-10-12(19-2)6-4-11(13)5-7-14(16)17/h4-7,10H,3,8-9H2,1-2H3. The highest BCUT2D eigenvalue weighted by Crippen LogP contribution is 2.19. The van der Waals surface area contributed by atoms with Crippen molar-refractivity contribution in [3.63, 3.8) is 0 Å². The average Bonchev–Trinajstić information content (AvgIpc) is 2.46. The fraction of sp³-hybridized carbons (Fsp3) is 0.333. The van der Waals surface area contributed by atoms with Crippen LogP contribution in [0.3, 0.4) is 0 Å². The van der Waals surface area contributed by atoms with E-state index >= 15 is 0 Å². The Morgan fingerprint density at radius 2 is 2.00 bits per heavy atom. The van der Waals surface area contributed by atoms with E-state index < -0.39 is 0 Å². The molecule has 5 nitrogen and oxygen atoms in total. The maximum absolute atomic E-state index is 12.0. The van der Waals surface area contributed by atoms with Gasteiger partial charge in [-0.05, 0) is 30.5 Å². The molecule has 0 amide bonds. The van der Waals surface area contributed by atoms with Gasteiger partial charge in [-0.15, -0.1) is 0 Å². The molecule has 2 rings (SSSR count). The van der Waals surface area contributed by atoms with Gasteiger partial charge in [0.1, 0.15) is 5.75 Å². The number of carbonyl (C=O) groups is 1. The van der Waals surface area contributed by atoms with Crippen LogP contribution in [0.4, 0.5) is 0 Å². The molecule has 1 aromatic heterocycles. The zero-order valence-corrected chi connectivity index (χ0v) is 11.6. The van der Waals surface area contributed by atoms with E-state index in [9.17, 15) is 9.59 Å². The number of hydrogen-bond donors (Lipinski definition) is 0. The van der Waals surface area contributed by atoms with Crippen LogP contribution < -0.4 is 10.3 Å². The number of hydrogen-bond acceptors (Lipinski definition) is 4. The molecule has 0 saturated carbocycles. The van der Waals surface area contributed by atoms with Gasteiger partial charge >= 0.3 is 5.97 Å². The molecule has 0 spiro atoms. The first-order chi connectivity index (χ1) is 9.65. The second-order valence-electron chi connectivity index (χ2n) is 4.30. The molecule has 0 aliphatic carbocycles. The molecular formula is C15H17NO4. The first kappa shape index (κ1) is 14.1. The van der Waals surface area contributed by atoms with Crippen LogP contribution in [0.15, 0.2) is 35.1 Å². The van der Waals surface area contributed by atoms with E-state index in [1.807, 2.05) is 12.1 Å². The van der Waals surface area contributed by atoms with E-state index in [4.69, 9.17) is 9.47 Å². The Morgan fingerprint density at radius 1 is 1.25 bits per heavy atom. The van der Waals surface area contributed by atoms with E-state index in [1.54, 1.807) is 30.7 Å². The van der Waals surface area contributed by atoms with Crippen LogP contribution >= 0.6 is 0 Å². The Hall–Kier alpha value is -2.30. The zero-order chi connectivity index (χ0) is 14.5. The summed E-state index contributed by atoms with van der Waals surface area (Å²) in [5, 5.41) is 0.925. The predicted molar refractivity (Wildman–Crippen MR) is 76.0 cm³/mol. The van der Waals surface area contributed by atoms with Crippen LogP contribution in [0.2, 0.25) is 0 Å². The Kier molecular flexibility index (Phi) is 4.40. The highest BCUT2D eigenvalue weighted by molar-refractivity contribution is 5.80. The van der Waals surface area contributed by atoms with Crippen molar-refractivity contribution < 1.29 is 14.3 Å². The first-order valence-corrected chi connectivity index (χ1v) is 6.49. The molecule has 0 N–H and O–H groups in total. The predicted octanol–water partition coefficient (Wildman–Crippen LogP) is 1.96. The van der Waals surface area contributed by atoms with Gasteiger partial charge in [0.15, 0.2) is 0 Å². The quantitative estimate of drug-likeness (QED) is 0.783. The van der Waals surface area contributed by atoms with Crippen molar-refractivity contribution in [3.05, 3.63) is 40.7 Å². The maximum atomic E-state index is 12.0. The Morgan fingerprint density at radius 3 is 2.70 bits per heavy atom. The number of rotatable bonds is 5. The number of benzene rings is 1. The van der Waals surface area contributed by atoms with Crippen LogP contribution in [-0.4, -0.2) is 24.3 Å². The molecular weight excluding hydrogens is 258 g/mol. The fourth-order valence-electron chi connectivity index (χ4n) is 2.06. The van der Waals surface area contributed by atoms with Crippen molar-refractivity contribution in [1.82, 2.24) is 4.57 Å². The van der Waals surface area contributed by atoms with Gasteiger partial charge in [-0.1, -0.05) is 0 Å². The van der Waals surface area contributed by atoms with Crippen LogP contribution in [0.25, 0.3) is 10.9 Å². The largest absolute Gasteiger partial charge is 0.497 e. The molecule has 2 aromatic rings. The van der Waals surface area contributed by atoms with Crippen molar-refractivity contribution in [2.75, 3.05) is 13.7 Å². The van der Waals surface area contributed by atoms with Crippen LogP contribution in [0.5, 0.6) is 5.75 Å². The molecule has 0 radical (unpaired) electrons. The van der Waals surface area contributed by atoms with Gasteiger partial charge in [0, 0.05) is 18.7 Å². The summed E-state index contributed by atoms with van der Waals surface area (Å²) in [7, 11) is 1.57. The number of aromatic nitrogens is 1. The number of methoxy groups -OCH3 is 1. The van der Waals surface area contributed by atoms with Crippen LogP contribution in [0.1, 0.15) is 13.3 Å². The number of carbonyl (C=O) groups excluding carboxylic acids is 1. The molecule has 0 aliphatic rings. The summed E-state index contributed by atoms with van der Waals surface area (Å²) in [6.45, 7) is 2.39. The summed E-state index contributed by atoms with van der Waals surface area (Å²) >= 11 is 0. The summed E-state index contributed by atoms with van der Waals surface area (Å²) < 4.78 is 11.6. The van der Waals surface area contributed by atoms with Crippen molar-refractivity contribution in [2.24, 2.45) is 0 Å². The van der Waals surface area contributed by atoms with E-state index in [2.05, 4.69) is 0 Å². The number of pyridine rings is 1.